The van der Waals surface area contributed by atoms with E-state index in [1.165, 1.54) is 5.56 Å². The molecule has 0 saturated carbocycles. The number of benzene rings is 3. The second-order valence-electron chi connectivity index (χ2n) is 7.46. The van der Waals surface area contributed by atoms with E-state index in [2.05, 4.69) is 69.8 Å². The molecule has 30 heavy (non-hydrogen) atoms. The van der Waals surface area contributed by atoms with Crippen LogP contribution in [0.1, 0.15) is 24.1 Å². The lowest BCUT2D eigenvalue weighted by Crippen LogP contribution is -2.30. The fourth-order valence-electron chi connectivity index (χ4n) is 4.00. The Bertz CT molecular complexity index is 1210. The zero-order valence-electron chi connectivity index (χ0n) is 16.7. The van der Waals surface area contributed by atoms with Crippen LogP contribution in [0, 0.1) is 0 Å². The molecule has 6 heteroatoms. The molecule has 0 aliphatic carbocycles. The predicted molar refractivity (Wildman–Crippen MR) is 119 cm³/mol. The van der Waals surface area contributed by atoms with Gasteiger partial charge in [0.25, 0.3) is 5.95 Å². The Morgan fingerprint density at radius 3 is 2.57 bits per heavy atom. The average Bonchev–Trinajstić information content (AvgIpc) is 3.26. The van der Waals surface area contributed by atoms with Crippen molar-refractivity contribution in [2.45, 2.75) is 19.5 Å². The fraction of sp³-hybridized carbons (Fsp3) is 0.125. The zero-order chi connectivity index (χ0) is 20.5. The summed E-state index contributed by atoms with van der Waals surface area (Å²) < 4.78 is 1.89. The first-order valence-corrected chi connectivity index (χ1v) is 9.93. The average molecular weight is 394 g/mol. The van der Waals surface area contributed by atoms with Crippen molar-refractivity contribution in [1.82, 2.24) is 20.2 Å². The first-order chi connectivity index (χ1) is 14.7. The normalized spacial score (nSPS) is 15.6. The molecule has 0 saturated heterocycles. The largest absolute Gasteiger partial charge is 0.399 e. The number of nitrogens with two attached hydrogens (primary N) is 1. The minimum atomic E-state index is -0.0975. The van der Waals surface area contributed by atoms with Crippen LogP contribution in [0.2, 0.25) is 0 Å². The van der Waals surface area contributed by atoms with Gasteiger partial charge in [0, 0.05) is 11.4 Å². The van der Waals surface area contributed by atoms with Crippen molar-refractivity contribution >= 4 is 11.6 Å². The second-order valence-corrected chi connectivity index (χ2v) is 7.46. The van der Waals surface area contributed by atoms with E-state index in [9.17, 15) is 0 Å². The maximum absolute atomic E-state index is 6.04. The van der Waals surface area contributed by atoms with Crippen LogP contribution in [0.15, 0.2) is 90.6 Å². The van der Waals surface area contributed by atoms with Crippen molar-refractivity contribution in [3.05, 3.63) is 102 Å². The summed E-state index contributed by atoms with van der Waals surface area (Å²) in [5.74, 6) is 0.742. The molecule has 5 rings (SSSR count). The number of fused-ring (bicyclic) bond motifs is 1. The van der Waals surface area contributed by atoms with Crippen LogP contribution in [0.25, 0.3) is 11.1 Å². The van der Waals surface area contributed by atoms with Crippen molar-refractivity contribution in [3.8, 4) is 11.1 Å². The number of rotatable bonds is 4. The molecule has 3 aromatic carbocycles. The second kappa shape index (κ2) is 7.48. The molecule has 1 aliphatic rings. The van der Waals surface area contributed by atoms with Crippen LogP contribution < -0.4 is 10.6 Å². The van der Waals surface area contributed by atoms with Crippen LogP contribution in [0.4, 0.5) is 11.6 Å². The summed E-state index contributed by atoms with van der Waals surface area (Å²) in [5.41, 5.74) is 12.5. The number of nitrogen functional groups attached to an aromatic ring is 1. The summed E-state index contributed by atoms with van der Waals surface area (Å²) in [6.45, 7) is 2.82. The van der Waals surface area contributed by atoms with Crippen LogP contribution in [-0.4, -0.2) is 20.2 Å². The fourth-order valence-corrected chi connectivity index (χ4v) is 4.00. The Kier molecular flexibility index (Phi) is 4.52. The molecule has 6 nitrogen and oxygen atoms in total. The van der Waals surface area contributed by atoms with Gasteiger partial charge in [-0.05, 0) is 57.8 Å². The van der Waals surface area contributed by atoms with Gasteiger partial charge in [-0.15, -0.1) is 0 Å². The molecular formula is C24H22N6. The minimum absolute atomic E-state index is 0.0975. The van der Waals surface area contributed by atoms with E-state index in [0.717, 1.165) is 34.0 Å². The third-order valence-corrected chi connectivity index (χ3v) is 5.47. The van der Waals surface area contributed by atoms with E-state index >= 15 is 0 Å². The highest BCUT2D eigenvalue weighted by molar-refractivity contribution is 5.71. The van der Waals surface area contributed by atoms with Crippen molar-refractivity contribution in [2.24, 2.45) is 0 Å². The van der Waals surface area contributed by atoms with E-state index in [1.54, 1.807) is 0 Å². The number of anilines is 2. The van der Waals surface area contributed by atoms with E-state index in [0.29, 0.717) is 6.54 Å². The molecule has 0 radical (unpaired) electrons. The van der Waals surface area contributed by atoms with E-state index < -0.39 is 0 Å². The zero-order valence-corrected chi connectivity index (χ0v) is 16.7. The minimum Gasteiger partial charge on any atom is -0.399 e. The van der Waals surface area contributed by atoms with Gasteiger partial charge in [-0.2, -0.15) is 4.68 Å². The van der Waals surface area contributed by atoms with Gasteiger partial charge >= 0.3 is 0 Å². The lowest BCUT2D eigenvalue weighted by Gasteiger charge is -2.32. The standard InChI is InChI=1S/C24H22N6/c1-17-14-23(22-13-6-5-12-21(22)19-10-7-11-20(25)15-19)30-24(26-27-28-30)29(17)16-18-8-3-2-4-9-18/h2-15,23H,16,25H2,1H3. The third-order valence-electron chi connectivity index (χ3n) is 5.47. The Labute approximate surface area is 175 Å². The van der Waals surface area contributed by atoms with Gasteiger partial charge < -0.3 is 10.6 Å². The Morgan fingerprint density at radius 1 is 0.933 bits per heavy atom. The predicted octanol–water partition coefficient (Wildman–Crippen LogP) is 4.44. The van der Waals surface area contributed by atoms with Gasteiger partial charge in [0.2, 0.25) is 0 Å². The van der Waals surface area contributed by atoms with Crippen LogP contribution in [0.3, 0.4) is 0 Å². The molecule has 0 amide bonds. The number of aromatic nitrogens is 4. The smallest absolute Gasteiger partial charge is 0.250 e. The van der Waals surface area contributed by atoms with Gasteiger partial charge in [-0.3, -0.25) is 0 Å². The molecule has 0 bridgehead atoms. The van der Waals surface area contributed by atoms with Crippen molar-refractivity contribution in [2.75, 3.05) is 10.6 Å². The van der Waals surface area contributed by atoms with Gasteiger partial charge in [0.15, 0.2) is 0 Å². The van der Waals surface area contributed by atoms with Crippen LogP contribution in [-0.2, 0) is 6.54 Å². The molecule has 2 N–H and O–H groups in total. The van der Waals surface area contributed by atoms with Gasteiger partial charge in [-0.25, -0.2) is 0 Å². The molecule has 0 spiro atoms. The summed E-state index contributed by atoms with van der Waals surface area (Å²) in [5, 5.41) is 12.7. The lowest BCUT2D eigenvalue weighted by molar-refractivity contribution is 0.559. The van der Waals surface area contributed by atoms with Gasteiger partial charge in [0.1, 0.15) is 6.04 Å². The molecule has 1 unspecified atom stereocenters. The Balaban J connectivity index is 1.58. The maximum Gasteiger partial charge on any atom is 0.250 e. The molecule has 0 fully saturated rings. The number of tetrazole rings is 1. The molecule has 148 valence electrons. The van der Waals surface area contributed by atoms with E-state index in [-0.39, 0.29) is 6.04 Å². The number of hydrogen-bond donors (Lipinski definition) is 1. The number of allylic oxidation sites excluding steroid dienone is 2. The van der Waals surface area contributed by atoms with Crippen LogP contribution in [0.5, 0.6) is 0 Å². The summed E-state index contributed by atoms with van der Waals surface area (Å²) in [7, 11) is 0. The Morgan fingerprint density at radius 2 is 1.73 bits per heavy atom. The number of nitrogens with zero attached hydrogens (tertiary/aromatic N) is 5. The molecule has 1 aliphatic heterocycles. The lowest BCUT2D eigenvalue weighted by atomic mass is 9.93. The van der Waals surface area contributed by atoms with Crippen molar-refractivity contribution < 1.29 is 0 Å². The summed E-state index contributed by atoms with van der Waals surface area (Å²) >= 11 is 0. The quantitative estimate of drug-likeness (QED) is 0.518. The molecular weight excluding hydrogens is 372 g/mol. The van der Waals surface area contributed by atoms with Crippen molar-refractivity contribution in [1.29, 1.82) is 0 Å². The molecule has 4 aromatic rings. The highest BCUT2D eigenvalue weighted by Gasteiger charge is 2.29. The van der Waals surface area contributed by atoms with E-state index in [4.69, 9.17) is 5.73 Å². The first-order valence-electron chi connectivity index (χ1n) is 9.93. The highest BCUT2D eigenvalue weighted by Crippen LogP contribution is 2.37. The highest BCUT2D eigenvalue weighted by atomic mass is 15.6. The SMILES string of the molecule is CC1=CC(c2ccccc2-c2cccc(N)c2)n2nnnc2N1Cc1ccccc1. The summed E-state index contributed by atoms with van der Waals surface area (Å²) in [6, 6.07) is 26.6. The molecule has 1 aromatic heterocycles. The van der Waals surface area contributed by atoms with Gasteiger partial charge in [0.05, 0.1) is 6.54 Å². The summed E-state index contributed by atoms with van der Waals surface area (Å²) in [4.78, 5) is 2.15. The first kappa shape index (κ1) is 18.1. The Hall–Kier alpha value is -3.93. The van der Waals surface area contributed by atoms with Crippen LogP contribution >= 0.6 is 0 Å². The maximum atomic E-state index is 6.04. The summed E-state index contributed by atoms with van der Waals surface area (Å²) in [6.07, 6.45) is 2.22. The number of hydrogen-bond acceptors (Lipinski definition) is 5. The van der Waals surface area contributed by atoms with E-state index in [1.807, 2.05) is 47.1 Å². The molecule has 2 heterocycles. The van der Waals surface area contributed by atoms with Gasteiger partial charge in [-0.1, -0.05) is 71.8 Å². The third kappa shape index (κ3) is 3.22. The topological polar surface area (TPSA) is 72.9 Å². The molecule has 1 atom stereocenters. The van der Waals surface area contributed by atoms with Crippen molar-refractivity contribution in [3.63, 3.8) is 0 Å². The monoisotopic (exact) mass is 394 g/mol.